The van der Waals surface area contributed by atoms with Crippen LogP contribution in [0.25, 0.3) is 0 Å². The van der Waals surface area contributed by atoms with Crippen molar-refractivity contribution in [2.45, 2.75) is 20.1 Å². The van der Waals surface area contributed by atoms with Crippen molar-refractivity contribution in [3.05, 3.63) is 0 Å². The number of hydrogen-bond donors (Lipinski definition) is 0. The minimum atomic E-state index is -0.201. The van der Waals surface area contributed by atoms with E-state index in [9.17, 15) is 0 Å². The molecule has 0 amide bonds. The lowest BCUT2D eigenvalue weighted by Gasteiger charge is -2.13. The second-order valence-electron chi connectivity index (χ2n) is 1.75. The first-order valence-electron chi connectivity index (χ1n) is 3.50. The summed E-state index contributed by atoms with van der Waals surface area (Å²) in [6, 6.07) is 0. The summed E-state index contributed by atoms with van der Waals surface area (Å²) in [5.41, 5.74) is 0. The molecule has 0 fully saturated rings. The van der Waals surface area contributed by atoms with E-state index in [1.807, 2.05) is 13.8 Å². The molecule has 0 saturated heterocycles. The molecule has 3 nitrogen and oxygen atoms in total. The Morgan fingerprint density at radius 3 is 2.10 bits per heavy atom. The van der Waals surface area contributed by atoms with Gasteiger partial charge < -0.3 is 9.47 Å². The van der Waals surface area contributed by atoms with Crippen LogP contribution in [0.5, 0.6) is 0 Å². The second-order valence-corrected chi connectivity index (χ2v) is 1.75. The Labute approximate surface area is 62.1 Å². The maximum absolute atomic E-state index is 5.17. The fourth-order valence-corrected chi connectivity index (χ4v) is 0.631. The minimum absolute atomic E-state index is 0.201. The van der Waals surface area contributed by atoms with Crippen LogP contribution in [0.1, 0.15) is 13.8 Å². The summed E-state index contributed by atoms with van der Waals surface area (Å²) in [7, 11) is 0. The van der Waals surface area contributed by atoms with Crippen molar-refractivity contribution in [1.82, 2.24) is 0 Å². The van der Waals surface area contributed by atoms with Crippen molar-refractivity contribution < 1.29 is 9.47 Å². The highest BCUT2D eigenvalue weighted by Gasteiger charge is 2.03. The van der Waals surface area contributed by atoms with Gasteiger partial charge in [-0.1, -0.05) is 0 Å². The molecule has 0 saturated carbocycles. The first-order chi connectivity index (χ1) is 4.85. The molecule has 60 valence electrons. The number of ether oxygens (including phenoxy) is 2. The summed E-state index contributed by atoms with van der Waals surface area (Å²) in [4.78, 5) is 3.67. The smallest absolute Gasteiger partial charge is 0.176 e. The van der Waals surface area contributed by atoms with Crippen LogP contribution in [0.15, 0.2) is 4.99 Å². The Kier molecular flexibility index (Phi) is 6.43. The molecular weight excluding hydrogens is 130 g/mol. The van der Waals surface area contributed by atoms with E-state index in [1.54, 1.807) is 0 Å². The van der Waals surface area contributed by atoms with Gasteiger partial charge in [0.25, 0.3) is 0 Å². The van der Waals surface area contributed by atoms with Crippen molar-refractivity contribution in [1.29, 1.82) is 0 Å². The highest BCUT2D eigenvalue weighted by molar-refractivity contribution is 5.23. The summed E-state index contributed by atoms with van der Waals surface area (Å²) in [5, 5.41) is 0. The molecular formula is C7H15NO2. The zero-order chi connectivity index (χ0) is 7.82. The van der Waals surface area contributed by atoms with E-state index in [2.05, 4.69) is 11.7 Å². The third-order valence-electron chi connectivity index (χ3n) is 0.983. The van der Waals surface area contributed by atoms with E-state index in [0.717, 1.165) is 0 Å². The Bertz CT molecular complexity index is 79.7. The molecule has 0 aliphatic carbocycles. The molecule has 0 aromatic carbocycles. The zero-order valence-corrected chi connectivity index (χ0v) is 6.67. The zero-order valence-electron chi connectivity index (χ0n) is 6.67. The van der Waals surface area contributed by atoms with Crippen LogP contribution in [0.2, 0.25) is 0 Å². The minimum Gasteiger partial charge on any atom is -0.351 e. The number of nitrogens with zero attached hydrogens (tertiary/aromatic N) is 1. The molecule has 0 aliphatic rings. The summed E-state index contributed by atoms with van der Waals surface area (Å²) >= 11 is 0. The van der Waals surface area contributed by atoms with Crippen molar-refractivity contribution in [3.8, 4) is 0 Å². The van der Waals surface area contributed by atoms with Crippen LogP contribution in [0.3, 0.4) is 0 Å². The van der Waals surface area contributed by atoms with Gasteiger partial charge in [-0.3, -0.25) is 4.99 Å². The lowest BCUT2D eigenvalue weighted by Crippen LogP contribution is -2.20. The van der Waals surface area contributed by atoms with Crippen LogP contribution < -0.4 is 0 Å². The number of rotatable bonds is 6. The van der Waals surface area contributed by atoms with Crippen molar-refractivity contribution in [3.63, 3.8) is 0 Å². The van der Waals surface area contributed by atoms with Gasteiger partial charge in [-0.05, 0) is 20.6 Å². The maximum atomic E-state index is 5.17. The highest BCUT2D eigenvalue weighted by atomic mass is 16.7. The monoisotopic (exact) mass is 145 g/mol. The van der Waals surface area contributed by atoms with Crippen LogP contribution >= 0.6 is 0 Å². The first-order valence-corrected chi connectivity index (χ1v) is 3.50. The predicted molar refractivity (Wildman–Crippen MR) is 41.5 cm³/mol. The fourth-order valence-electron chi connectivity index (χ4n) is 0.631. The average molecular weight is 145 g/mol. The van der Waals surface area contributed by atoms with Crippen LogP contribution in [-0.2, 0) is 9.47 Å². The van der Waals surface area contributed by atoms with E-state index in [1.165, 1.54) is 0 Å². The second kappa shape index (κ2) is 6.71. The predicted octanol–water partition coefficient (Wildman–Crippen LogP) is 1.09. The van der Waals surface area contributed by atoms with Gasteiger partial charge >= 0.3 is 0 Å². The van der Waals surface area contributed by atoms with E-state index in [0.29, 0.717) is 19.8 Å². The molecule has 3 heteroatoms. The molecule has 0 atom stereocenters. The van der Waals surface area contributed by atoms with Gasteiger partial charge in [-0.15, -0.1) is 0 Å². The molecule has 0 heterocycles. The molecule has 0 N–H and O–H groups in total. The number of hydrogen-bond acceptors (Lipinski definition) is 3. The SMILES string of the molecule is C=NCC(OCC)OCC. The third kappa shape index (κ3) is 4.47. The Morgan fingerprint density at radius 2 is 1.80 bits per heavy atom. The highest BCUT2D eigenvalue weighted by Crippen LogP contribution is 1.94. The molecule has 0 bridgehead atoms. The van der Waals surface area contributed by atoms with E-state index in [-0.39, 0.29) is 6.29 Å². The van der Waals surface area contributed by atoms with Gasteiger partial charge in [0.2, 0.25) is 0 Å². The summed E-state index contributed by atoms with van der Waals surface area (Å²) in [6.45, 7) is 9.03. The molecule has 0 aliphatic heterocycles. The molecule has 0 unspecified atom stereocenters. The Balaban J connectivity index is 3.38. The Hall–Kier alpha value is -0.410. The maximum Gasteiger partial charge on any atom is 0.176 e. The third-order valence-corrected chi connectivity index (χ3v) is 0.983. The Morgan fingerprint density at radius 1 is 1.30 bits per heavy atom. The number of aliphatic imine (C=N–C) groups is 1. The van der Waals surface area contributed by atoms with Crippen LogP contribution in [-0.4, -0.2) is 32.8 Å². The molecule has 0 rings (SSSR count). The van der Waals surface area contributed by atoms with Crippen LogP contribution in [0.4, 0.5) is 0 Å². The molecule has 0 aromatic heterocycles. The lowest BCUT2D eigenvalue weighted by molar-refractivity contribution is -0.128. The lowest BCUT2D eigenvalue weighted by atomic mass is 10.6. The van der Waals surface area contributed by atoms with E-state index >= 15 is 0 Å². The van der Waals surface area contributed by atoms with E-state index in [4.69, 9.17) is 9.47 Å². The van der Waals surface area contributed by atoms with Gasteiger partial charge in [0.1, 0.15) is 0 Å². The van der Waals surface area contributed by atoms with Gasteiger partial charge in [-0.2, -0.15) is 0 Å². The van der Waals surface area contributed by atoms with Crippen LogP contribution in [0, 0.1) is 0 Å². The summed E-state index contributed by atoms with van der Waals surface area (Å²) in [6.07, 6.45) is -0.201. The van der Waals surface area contributed by atoms with Crippen molar-refractivity contribution in [2.75, 3.05) is 19.8 Å². The standard InChI is InChI=1S/C7H15NO2/c1-4-9-7(6-8-3)10-5-2/h7H,3-6H2,1-2H3. The van der Waals surface area contributed by atoms with Gasteiger partial charge in [0.05, 0.1) is 6.54 Å². The quantitative estimate of drug-likeness (QED) is 0.413. The first kappa shape index (κ1) is 9.59. The normalized spacial score (nSPS) is 10.3. The average Bonchev–Trinajstić information content (AvgIpc) is 1.90. The summed E-state index contributed by atoms with van der Waals surface area (Å²) in [5.74, 6) is 0. The molecule has 0 radical (unpaired) electrons. The fraction of sp³-hybridized carbons (Fsp3) is 0.857. The molecule has 0 aromatic rings. The summed E-state index contributed by atoms with van der Waals surface area (Å²) < 4.78 is 10.3. The largest absolute Gasteiger partial charge is 0.351 e. The molecule has 10 heavy (non-hydrogen) atoms. The van der Waals surface area contributed by atoms with E-state index < -0.39 is 0 Å². The molecule has 0 spiro atoms. The van der Waals surface area contributed by atoms with Crippen molar-refractivity contribution in [2.24, 2.45) is 4.99 Å². The van der Waals surface area contributed by atoms with Gasteiger partial charge in [-0.25, -0.2) is 0 Å². The van der Waals surface area contributed by atoms with Gasteiger partial charge in [0, 0.05) is 13.2 Å². The topological polar surface area (TPSA) is 30.8 Å². The van der Waals surface area contributed by atoms with Gasteiger partial charge in [0.15, 0.2) is 6.29 Å². The van der Waals surface area contributed by atoms with Crippen molar-refractivity contribution >= 4 is 6.72 Å².